The molecule has 2 aliphatic heterocycles. The van der Waals surface area contributed by atoms with E-state index in [-0.39, 0.29) is 13.0 Å². The molecular formula is C39H43ClN4O7S. The first-order valence-corrected chi connectivity index (χ1v) is 19.1. The average molecular weight is 747 g/mol. The summed E-state index contributed by atoms with van der Waals surface area (Å²) in [6.07, 6.45) is 7.09. The molecule has 4 aromatic rings. The zero-order valence-electron chi connectivity index (χ0n) is 29.6. The van der Waals surface area contributed by atoms with E-state index in [9.17, 15) is 18.5 Å². The summed E-state index contributed by atoms with van der Waals surface area (Å²) in [5, 5.41) is 9.26. The molecule has 1 N–H and O–H groups in total. The maximum atomic E-state index is 10.6. The minimum Gasteiger partial charge on any atom is -0.488 e. The lowest BCUT2D eigenvalue weighted by atomic mass is 9.96. The third-order valence-corrected chi connectivity index (χ3v) is 10.8. The van der Waals surface area contributed by atoms with E-state index in [0.29, 0.717) is 41.9 Å². The van der Waals surface area contributed by atoms with Gasteiger partial charge in [-0.05, 0) is 93.2 Å². The number of aromatic nitrogens is 1. The van der Waals surface area contributed by atoms with Crippen LogP contribution in [-0.4, -0.2) is 56.3 Å². The number of amides is 1. The van der Waals surface area contributed by atoms with Crippen molar-refractivity contribution in [2.75, 3.05) is 26.3 Å². The van der Waals surface area contributed by atoms with Crippen LogP contribution in [0.2, 0.25) is 5.02 Å². The van der Waals surface area contributed by atoms with E-state index in [2.05, 4.69) is 41.1 Å². The van der Waals surface area contributed by atoms with E-state index in [1.54, 1.807) is 23.2 Å². The van der Waals surface area contributed by atoms with Gasteiger partial charge in [-0.1, -0.05) is 42.3 Å². The molecule has 6 rings (SSSR count). The third-order valence-electron chi connectivity index (χ3n) is 8.79. The highest BCUT2D eigenvalue weighted by atomic mass is 35.5. The van der Waals surface area contributed by atoms with Crippen molar-refractivity contribution in [3.05, 3.63) is 99.8 Å². The number of sulfonamides is 1. The predicted molar refractivity (Wildman–Crippen MR) is 199 cm³/mol. The van der Waals surface area contributed by atoms with Gasteiger partial charge >= 0.3 is 0 Å². The molecular weight excluding hydrogens is 704 g/mol. The summed E-state index contributed by atoms with van der Waals surface area (Å²) in [5.41, 5.74) is 6.70. The number of nitrogens with zero attached hydrogens (tertiary/aromatic N) is 3. The van der Waals surface area contributed by atoms with E-state index in [1.807, 2.05) is 30.3 Å². The van der Waals surface area contributed by atoms with Crippen LogP contribution in [0.25, 0.3) is 11.1 Å². The average Bonchev–Trinajstić information content (AvgIpc) is 3.15. The van der Waals surface area contributed by atoms with Crippen LogP contribution in [0.3, 0.4) is 0 Å². The third kappa shape index (κ3) is 10.2. The molecule has 1 saturated heterocycles. The first kappa shape index (κ1) is 38.4. The van der Waals surface area contributed by atoms with Gasteiger partial charge in [0.2, 0.25) is 16.4 Å². The van der Waals surface area contributed by atoms with Crippen molar-refractivity contribution in [3.8, 4) is 40.2 Å². The molecule has 1 aromatic heterocycles. The number of hydrogen-bond acceptors (Lipinski definition) is 10. The fourth-order valence-electron chi connectivity index (χ4n) is 5.81. The van der Waals surface area contributed by atoms with Crippen LogP contribution in [0.1, 0.15) is 60.9 Å². The van der Waals surface area contributed by atoms with Crippen molar-refractivity contribution in [1.82, 2.24) is 14.6 Å². The lowest BCUT2D eigenvalue weighted by molar-refractivity contribution is -0.108. The van der Waals surface area contributed by atoms with E-state index in [0.717, 1.165) is 64.5 Å². The molecule has 52 heavy (non-hydrogen) atoms. The summed E-state index contributed by atoms with van der Waals surface area (Å²) >= 11 is 6.81. The molecule has 0 aliphatic carbocycles. The Bertz CT molecular complexity index is 2010. The summed E-state index contributed by atoms with van der Waals surface area (Å²) < 4.78 is 47.0. The second kappa shape index (κ2) is 18.1. The molecule has 3 aromatic carbocycles. The molecule has 0 unspecified atom stereocenters. The number of likely N-dealkylation sites (tertiary alicyclic amines) is 1. The van der Waals surface area contributed by atoms with Gasteiger partial charge in [-0.2, -0.15) is 5.26 Å². The summed E-state index contributed by atoms with van der Waals surface area (Å²) in [6, 6.07) is 20.1. The van der Waals surface area contributed by atoms with Gasteiger partial charge < -0.3 is 18.9 Å². The molecule has 2 aliphatic rings. The number of carbonyl (C=O) groups is 1. The monoisotopic (exact) mass is 746 g/mol. The Morgan fingerprint density at radius 2 is 1.71 bits per heavy atom. The summed E-state index contributed by atoms with van der Waals surface area (Å²) in [7, 11) is -3.37. The van der Waals surface area contributed by atoms with Crippen LogP contribution in [0.4, 0.5) is 0 Å². The largest absolute Gasteiger partial charge is 0.488 e. The Labute approximate surface area is 310 Å². The molecule has 13 heteroatoms. The van der Waals surface area contributed by atoms with E-state index in [1.165, 1.54) is 33.1 Å². The van der Waals surface area contributed by atoms with Crippen LogP contribution >= 0.6 is 11.6 Å². The Balaban J connectivity index is 0.000000515. The molecule has 274 valence electrons. The highest BCUT2D eigenvalue weighted by molar-refractivity contribution is 7.90. The highest BCUT2D eigenvalue weighted by Gasteiger charge is 2.19. The number of nitriles is 1. The van der Waals surface area contributed by atoms with Gasteiger partial charge in [-0.25, -0.2) is 8.42 Å². The Kier molecular flexibility index (Phi) is 13.4. The van der Waals surface area contributed by atoms with Crippen LogP contribution in [-0.2, 0) is 34.6 Å². The van der Waals surface area contributed by atoms with Crippen LogP contribution < -0.4 is 23.7 Å². The first-order valence-electron chi connectivity index (χ1n) is 17.2. The minimum atomic E-state index is -3.37. The molecule has 0 saturated carbocycles. The van der Waals surface area contributed by atoms with Gasteiger partial charge in [0, 0.05) is 36.1 Å². The Morgan fingerprint density at radius 1 is 0.962 bits per heavy atom. The predicted octanol–water partition coefficient (Wildman–Crippen LogP) is 6.97. The van der Waals surface area contributed by atoms with E-state index >= 15 is 0 Å². The van der Waals surface area contributed by atoms with Gasteiger partial charge in [-0.15, -0.1) is 0 Å². The van der Waals surface area contributed by atoms with Crippen LogP contribution in [0, 0.1) is 18.3 Å². The minimum absolute atomic E-state index is 0.162. The SMILES string of the molecule is CC(C)S(=O)(=O)NC=O.Cc1c(COc2cc(OCc3cncc(C#N)c3)c(CN3CCCCC3)cc2Cl)cccc1-c1ccc2c(c1)OCCO2. The maximum absolute atomic E-state index is 10.6. The Hall–Kier alpha value is -4.83. The molecule has 0 atom stereocenters. The summed E-state index contributed by atoms with van der Waals surface area (Å²) in [6.45, 7) is 9.71. The van der Waals surface area contributed by atoms with Crippen LogP contribution in [0.5, 0.6) is 23.0 Å². The van der Waals surface area contributed by atoms with E-state index in [4.69, 9.17) is 30.5 Å². The molecule has 0 bridgehead atoms. The zero-order valence-corrected chi connectivity index (χ0v) is 31.1. The summed E-state index contributed by atoms with van der Waals surface area (Å²) in [5.74, 6) is 2.82. The number of nitrogens with one attached hydrogen (secondary N) is 1. The van der Waals surface area contributed by atoms with Gasteiger partial charge in [-0.3, -0.25) is 19.4 Å². The standard InChI is InChI=1S/C35H34ClN3O4.C4H9NO3S/c1-24-28(6-5-7-30(24)27-8-9-32-35(16-27)41-13-12-40-32)23-43-34-17-33(42-22-26-14-25(18-37)19-38-20-26)29(15-31(34)36)21-39-10-3-2-4-11-39;1-4(2)9(7,8)5-3-6/h5-9,14-17,19-20H,2-4,10-13,21-23H2,1H3;3-4H,1-2H3,(H,5,6). The number of hydrogen-bond donors (Lipinski definition) is 1. The van der Waals surface area contributed by atoms with Crippen molar-refractivity contribution in [3.63, 3.8) is 0 Å². The van der Waals surface area contributed by atoms with E-state index < -0.39 is 15.3 Å². The fourth-order valence-corrected chi connectivity index (χ4v) is 6.46. The normalized spacial score (nSPS) is 14.1. The number of carbonyl (C=O) groups excluding carboxylic acids is 1. The summed E-state index contributed by atoms with van der Waals surface area (Å²) in [4.78, 5) is 16.2. The maximum Gasteiger partial charge on any atom is 0.237 e. The van der Waals surface area contributed by atoms with Crippen molar-refractivity contribution >= 4 is 28.0 Å². The van der Waals surface area contributed by atoms with Crippen LogP contribution in [0.15, 0.2) is 67.0 Å². The number of halogens is 1. The molecule has 0 spiro atoms. The molecule has 0 radical (unpaired) electrons. The molecule has 11 nitrogen and oxygen atoms in total. The molecule has 1 fully saturated rings. The van der Waals surface area contributed by atoms with Crippen molar-refractivity contribution in [1.29, 1.82) is 5.26 Å². The van der Waals surface area contributed by atoms with Gasteiger partial charge in [0.1, 0.15) is 44.0 Å². The number of ether oxygens (including phenoxy) is 4. The Morgan fingerprint density at radius 3 is 2.42 bits per heavy atom. The fraction of sp³-hybridized carbons (Fsp3) is 0.359. The van der Waals surface area contributed by atoms with Gasteiger partial charge in [0.15, 0.2) is 11.5 Å². The number of benzene rings is 3. The van der Waals surface area contributed by atoms with Crippen molar-refractivity contribution < 1.29 is 32.2 Å². The molecule has 1 amide bonds. The number of pyridine rings is 1. The topological polar surface area (TPSA) is 140 Å². The van der Waals surface area contributed by atoms with Gasteiger partial charge in [0.05, 0.1) is 15.8 Å². The number of piperidine rings is 1. The first-order chi connectivity index (χ1) is 25.1. The van der Waals surface area contributed by atoms with Crippen molar-refractivity contribution in [2.24, 2.45) is 0 Å². The highest BCUT2D eigenvalue weighted by Crippen LogP contribution is 2.38. The number of fused-ring (bicyclic) bond motifs is 1. The van der Waals surface area contributed by atoms with Gasteiger partial charge in [0.25, 0.3) is 0 Å². The second-order valence-electron chi connectivity index (χ2n) is 12.8. The van der Waals surface area contributed by atoms with Crippen molar-refractivity contribution in [2.45, 2.75) is 65.0 Å². The quantitative estimate of drug-likeness (QED) is 0.151. The molecule has 3 heterocycles. The second-order valence-corrected chi connectivity index (χ2v) is 15.5. The lowest BCUT2D eigenvalue weighted by Crippen LogP contribution is -2.29. The number of rotatable bonds is 12. The smallest absolute Gasteiger partial charge is 0.237 e. The lowest BCUT2D eigenvalue weighted by Gasteiger charge is -2.27. The zero-order chi connectivity index (χ0) is 37.1.